The molecular weight excluding hydrogens is 302 g/mol. The Labute approximate surface area is 141 Å². The molecule has 3 aromatic rings. The number of nitrogens with one attached hydrogen (secondary N) is 1. The van der Waals surface area contributed by atoms with Crippen LogP contribution in [0.5, 0.6) is 5.75 Å². The molecule has 0 atom stereocenters. The highest BCUT2D eigenvalue weighted by Gasteiger charge is 2.12. The lowest BCUT2D eigenvalue weighted by Gasteiger charge is -2.12. The minimum atomic E-state index is -0.0983. The predicted octanol–water partition coefficient (Wildman–Crippen LogP) is 3.07. The molecule has 0 aliphatic heterocycles. The molecule has 1 aromatic heterocycles. The van der Waals surface area contributed by atoms with Crippen molar-refractivity contribution in [3.8, 4) is 5.75 Å². The number of imidazole rings is 1. The second-order valence-electron chi connectivity index (χ2n) is 5.69. The number of benzene rings is 2. The fourth-order valence-electron chi connectivity index (χ4n) is 2.91. The van der Waals surface area contributed by atoms with Crippen LogP contribution in [0.4, 0.5) is 0 Å². The molecule has 0 bridgehead atoms. The van der Waals surface area contributed by atoms with Crippen LogP contribution in [0.3, 0.4) is 0 Å². The Morgan fingerprint density at radius 3 is 2.62 bits per heavy atom. The number of nitrogens with zero attached hydrogens (tertiary/aromatic N) is 2. The van der Waals surface area contributed by atoms with Gasteiger partial charge in [-0.3, -0.25) is 4.79 Å². The number of ether oxygens (including phenoxy) is 1. The lowest BCUT2D eigenvalue weighted by Crippen LogP contribution is -2.23. The minimum absolute atomic E-state index is 0.0983. The first-order chi connectivity index (χ1) is 11.6. The van der Waals surface area contributed by atoms with Crippen molar-refractivity contribution in [2.45, 2.75) is 19.9 Å². The average Bonchev–Trinajstić information content (AvgIpc) is 3.00. The first-order valence-corrected chi connectivity index (χ1v) is 7.98. The van der Waals surface area contributed by atoms with Gasteiger partial charge in [-0.25, -0.2) is 4.98 Å². The van der Waals surface area contributed by atoms with Crippen LogP contribution in [-0.2, 0) is 20.0 Å². The molecule has 0 aliphatic carbocycles. The molecule has 24 heavy (non-hydrogen) atoms. The molecule has 0 radical (unpaired) electrons. The summed E-state index contributed by atoms with van der Waals surface area (Å²) in [6.07, 6.45) is 2.72. The summed E-state index contributed by atoms with van der Waals surface area (Å²) in [6.45, 7) is 2.59. The van der Waals surface area contributed by atoms with Crippen molar-refractivity contribution in [2.24, 2.45) is 7.05 Å². The summed E-state index contributed by atoms with van der Waals surface area (Å²) in [5.74, 6) is 0.637. The molecule has 1 heterocycles. The highest BCUT2D eigenvalue weighted by atomic mass is 16.5. The van der Waals surface area contributed by atoms with Crippen molar-refractivity contribution < 1.29 is 9.53 Å². The first kappa shape index (κ1) is 16.1. The van der Waals surface area contributed by atoms with E-state index in [0.717, 1.165) is 28.8 Å². The third-order valence-corrected chi connectivity index (χ3v) is 4.24. The molecular formula is C19H21N3O2. The molecule has 124 valence electrons. The van der Waals surface area contributed by atoms with Crippen molar-refractivity contribution in [2.75, 3.05) is 7.11 Å². The molecule has 3 rings (SSSR count). The fraction of sp³-hybridized carbons (Fsp3) is 0.263. The number of carbonyl (C=O) groups is 1. The van der Waals surface area contributed by atoms with Gasteiger partial charge in [-0.05, 0) is 42.3 Å². The van der Waals surface area contributed by atoms with Gasteiger partial charge in [-0.1, -0.05) is 13.0 Å². The minimum Gasteiger partial charge on any atom is -0.497 e. The molecule has 0 unspecified atom stereocenters. The lowest BCUT2D eigenvalue weighted by atomic mass is 10.0. The maximum absolute atomic E-state index is 12.4. The summed E-state index contributed by atoms with van der Waals surface area (Å²) in [4.78, 5) is 16.8. The highest BCUT2D eigenvalue weighted by Crippen LogP contribution is 2.22. The summed E-state index contributed by atoms with van der Waals surface area (Å²) in [5, 5.41) is 3.02. The third kappa shape index (κ3) is 2.97. The zero-order valence-electron chi connectivity index (χ0n) is 14.2. The van der Waals surface area contributed by atoms with Gasteiger partial charge < -0.3 is 14.6 Å². The van der Waals surface area contributed by atoms with Crippen LogP contribution in [0, 0.1) is 0 Å². The Bertz CT molecular complexity index is 866. The summed E-state index contributed by atoms with van der Waals surface area (Å²) < 4.78 is 7.12. The Morgan fingerprint density at radius 2 is 1.96 bits per heavy atom. The number of amides is 1. The molecule has 5 nitrogen and oxygen atoms in total. The van der Waals surface area contributed by atoms with E-state index in [1.165, 1.54) is 5.56 Å². The number of fused-ring (bicyclic) bond motifs is 1. The average molecular weight is 323 g/mol. The van der Waals surface area contributed by atoms with Gasteiger partial charge in [0.2, 0.25) is 0 Å². The number of hydrogen-bond acceptors (Lipinski definition) is 3. The van der Waals surface area contributed by atoms with Crippen LogP contribution < -0.4 is 10.1 Å². The van der Waals surface area contributed by atoms with Gasteiger partial charge in [-0.15, -0.1) is 0 Å². The maximum atomic E-state index is 12.4. The summed E-state index contributed by atoms with van der Waals surface area (Å²) in [7, 11) is 3.58. The van der Waals surface area contributed by atoms with Crippen LogP contribution in [0.25, 0.3) is 11.0 Å². The number of aromatic nitrogens is 2. The van der Waals surface area contributed by atoms with Crippen molar-refractivity contribution in [1.29, 1.82) is 0 Å². The number of carbonyl (C=O) groups excluding carboxylic acids is 1. The topological polar surface area (TPSA) is 56.2 Å². The van der Waals surface area contributed by atoms with Gasteiger partial charge in [0.05, 0.1) is 24.5 Å². The van der Waals surface area contributed by atoms with E-state index >= 15 is 0 Å². The molecule has 0 fully saturated rings. The number of aryl methyl sites for hydroxylation is 2. The van der Waals surface area contributed by atoms with Gasteiger partial charge in [0, 0.05) is 24.7 Å². The molecule has 0 saturated carbocycles. The highest BCUT2D eigenvalue weighted by molar-refractivity contribution is 5.94. The van der Waals surface area contributed by atoms with E-state index in [0.29, 0.717) is 12.1 Å². The van der Waals surface area contributed by atoms with E-state index in [1.54, 1.807) is 37.7 Å². The summed E-state index contributed by atoms with van der Waals surface area (Å²) in [6, 6.07) is 11.2. The Balaban J connectivity index is 1.84. The largest absolute Gasteiger partial charge is 0.497 e. The predicted molar refractivity (Wildman–Crippen MR) is 94.3 cm³/mol. The zero-order valence-corrected chi connectivity index (χ0v) is 14.2. The SMILES string of the molecule is CCc1ccc2ncn(C)c2c1CNC(=O)c1ccc(OC)cc1. The molecule has 0 spiro atoms. The fourth-order valence-corrected chi connectivity index (χ4v) is 2.91. The smallest absolute Gasteiger partial charge is 0.251 e. The molecule has 1 amide bonds. The molecule has 2 aromatic carbocycles. The van der Waals surface area contributed by atoms with E-state index in [4.69, 9.17) is 4.74 Å². The van der Waals surface area contributed by atoms with Crippen molar-refractivity contribution >= 4 is 16.9 Å². The number of methoxy groups -OCH3 is 1. The van der Waals surface area contributed by atoms with Crippen LogP contribution in [0.15, 0.2) is 42.7 Å². The van der Waals surface area contributed by atoms with E-state index in [9.17, 15) is 4.79 Å². The van der Waals surface area contributed by atoms with Crippen LogP contribution >= 0.6 is 0 Å². The van der Waals surface area contributed by atoms with Crippen molar-refractivity contribution in [3.63, 3.8) is 0 Å². The molecule has 5 heteroatoms. The summed E-state index contributed by atoms with van der Waals surface area (Å²) in [5.41, 5.74) is 4.98. The van der Waals surface area contributed by atoms with Crippen LogP contribution in [0.1, 0.15) is 28.4 Å². The molecule has 0 saturated heterocycles. The number of rotatable bonds is 5. The number of hydrogen-bond donors (Lipinski definition) is 1. The summed E-state index contributed by atoms with van der Waals surface area (Å²) >= 11 is 0. The second-order valence-corrected chi connectivity index (χ2v) is 5.69. The van der Waals surface area contributed by atoms with Crippen molar-refractivity contribution in [3.05, 3.63) is 59.4 Å². The molecule has 0 aliphatic rings. The third-order valence-electron chi connectivity index (χ3n) is 4.24. The monoisotopic (exact) mass is 323 g/mol. The van der Waals surface area contributed by atoms with Gasteiger partial charge in [-0.2, -0.15) is 0 Å². The lowest BCUT2D eigenvalue weighted by molar-refractivity contribution is 0.0951. The molecule has 1 N–H and O–H groups in total. The van der Waals surface area contributed by atoms with E-state index in [1.807, 2.05) is 17.7 Å². The zero-order chi connectivity index (χ0) is 17.1. The quantitative estimate of drug-likeness (QED) is 0.785. The van der Waals surface area contributed by atoms with Gasteiger partial charge in [0.25, 0.3) is 5.91 Å². The first-order valence-electron chi connectivity index (χ1n) is 7.98. The Morgan fingerprint density at radius 1 is 1.21 bits per heavy atom. The van der Waals surface area contributed by atoms with Crippen LogP contribution in [0.2, 0.25) is 0 Å². The maximum Gasteiger partial charge on any atom is 0.251 e. The Kier molecular flexibility index (Phi) is 4.51. The van der Waals surface area contributed by atoms with E-state index in [-0.39, 0.29) is 5.91 Å². The second kappa shape index (κ2) is 6.74. The van der Waals surface area contributed by atoms with Crippen molar-refractivity contribution in [1.82, 2.24) is 14.9 Å². The van der Waals surface area contributed by atoms with Gasteiger partial charge in [0.1, 0.15) is 5.75 Å². The van der Waals surface area contributed by atoms with E-state index < -0.39 is 0 Å². The Hall–Kier alpha value is -2.82. The normalized spacial score (nSPS) is 10.8. The van der Waals surface area contributed by atoms with E-state index in [2.05, 4.69) is 23.3 Å². The van der Waals surface area contributed by atoms with Gasteiger partial charge >= 0.3 is 0 Å². The standard InChI is InChI=1S/C19H21N3O2/c1-4-13-7-10-17-18(22(2)12-21-17)16(13)11-20-19(23)14-5-8-15(24-3)9-6-14/h5-10,12H,4,11H2,1-3H3,(H,20,23). The van der Waals surface area contributed by atoms with Gasteiger partial charge in [0.15, 0.2) is 0 Å². The van der Waals surface area contributed by atoms with Crippen LogP contribution in [-0.4, -0.2) is 22.6 Å².